The molecular weight excluding hydrogens is 238 g/mol. The van der Waals surface area contributed by atoms with Crippen molar-refractivity contribution < 1.29 is 5.11 Å². The van der Waals surface area contributed by atoms with E-state index in [0.29, 0.717) is 0 Å². The van der Waals surface area contributed by atoms with Gasteiger partial charge in [0.05, 0.1) is 12.3 Å². The molecular formula is C15H21N3O. The first-order valence-corrected chi connectivity index (χ1v) is 6.59. The zero-order valence-electron chi connectivity index (χ0n) is 11.5. The molecule has 1 heterocycles. The molecule has 1 aromatic heterocycles. The van der Waals surface area contributed by atoms with E-state index in [1.807, 2.05) is 36.0 Å². The standard InChI is InChI=1S/C15H21N3O/c1-12(15-8-9-16-18(15)2)17-14(11-19)10-13-6-4-3-5-7-13/h3-9,12,14,17,19H,10-11H2,1-2H3. The quantitative estimate of drug-likeness (QED) is 0.829. The lowest BCUT2D eigenvalue weighted by Crippen LogP contribution is -2.37. The van der Waals surface area contributed by atoms with Crippen LogP contribution >= 0.6 is 0 Å². The van der Waals surface area contributed by atoms with E-state index in [9.17, 15) is 5.11 Å². The number of hydrogen-bond acceptors (Lipinski definition) is 3. The van der Waals surface area contributed by atoms with Gasteiger partial charge in [-0.2, -0.15) is 5.10 Å². The molecule has 4 heteroatoms. The second-order valence-electron chi connectivity index (χ2n) is 4.84. The van der Waals surface area contributed by atoms with Crippen LogP contribution in [0.3, 0.4) is 0 Å². The first kappa shape index (κ1) is 13.8. The van der Waals surface area contributed by atoms with E-state index in [1.54, 1.807) is 6.20 Å². The maximum Gasteiger partial charge on any atom is 0.0588 e. The Morgan fingerprint density at radius 1 is 1.26 bits per heavy atom. The van der Waals surface area contributed by atoms with Gasteiger partial charge in [0.1, 0.15) is 0 Å². The molecule has 0 saturated heterocycles. The highest BCUT2D eigenvalue weighted by atomic mass is 16.3. The SMILES string of the molecule is CC(NC(CO)Cc1ccccc1)c1ccnn1C. The van der Waals surface area contributed by atoms with Crippen LogP contribution in [0.15, 0.2) is 42.6 Å². The maximum atomic E-state index is 9.52. The lowest BCUT2D eigenvalue weighted by molar-refractivity contribution is 0.231. The third-order valence-corrected chi connectivity index (χ3v) is 3.33. The number of aliphatic hydroxyl groups is 1. The van der Waals surface area contributed by atoms with E-state index in [1.165, 1.54) is 5.56 Å². The Morgan fingerprint density at radius 2 is 2.00 bits per heavy atom. The average Bonchev–Trinajstić information content (AvgIpc) is 2.85. The molecule has 0 aliphatic heterocycles. The molecule has 2 rings (SSSR count). The molecule has 0 aliphatic carbocycles. The van der Waals surface area contributed by atoms with Crippen LogP contribution in [0, 0.1) is 0 Å². The molecule has 2 unspecified atom stereocenters. The summed E-state index contributed by atoms with van der Waals surface area (Å²) in [6.45, 7) is 2.21. The van der Waals surface area contributed by atoms with E-state index >= 15 is 0 Å². The monoisotopic (exact) mass is 259 g/mol. The molecule has 2 atom stereocenters. The van der Waals surface area contributed by atoms with Gasteiger partial charge < -0.3 is 10.4 Å². The summed E-state index contributed by atoms with van der Waals surface area (Å²) in [5, 5.41) is 17.1. The lowest BCUT2D eigenvalue weighted by Gasteiger charge is -2.22. The van der Waals surface area contributed by atoms with Gasteiger partial charge >= 0.3 is 0 Å². The third-order valence-electron chi connectivity index (χ3n) is 3.33. The molecule has 0 aliphatic rings. The van der Waals surface area contributed by atoms with Crippen molar-refractivity contribution in [2.45, 2.75) is 25.4 Å². The summed E-state index contributed by atoms with van der Waals surface area (Å²) in [5.41, 5.74) is 2.35. The van der Waals surface area contributed by atoms with Crippen molar-refractivity contribution in [2.75, 3.05) is 6.61 Å². The fourth-order valence-electron chi connectivity index (χ4n) is 2.32. The topological polar surface area (TPSA) is 50.1 Å². The molecule has 0 amide bonds. The summed E-state index contributed by atoms with van der Waals surface area (Å²) in [4.78, 5) is 0. The summed E-state index contributed by atoms with van der Waals surface area (Å²) in [6.07, 6.45) is 2.61. The third kappa shape index (κ3) is 3.66. The minimum atomic E-state index is 0.0484. The lowest BCUT2D eigenvalue weighted by atomic mass is 10.1. The highest BCUT2D eigenvalue weighted by Crippen LogP contribution is 2.12. The molecule has 4 nitrogen and oxygen atoms in total. The van der Waals surface area contributed by atoms with Crippen molar-refractivity contribution in [1.29, 1.82) is 0 Å². The number of nitrogens with one attached hydrogen (secondary N) is 1. The van der Waals surface area contributed by atoms with Crippen LogP contribution in [0.2, 0.25) is 0 Å². The van der Waals surface area contributed by atoms with E-state index in [-0.39, 0.29) is 18.7 Å². The predicted molar refractivity (Wildman–Crippen MR) is 75.8 cm³/mol. The number of aliphatic hydroxyl groups excluding tert-OH is 1. The van der Waals surface area contributed by atoms with E-state index < -0.39 is 0 Å². The van der Waals surface area contributed by atoms with Gasteiger partial charge in [0.2, 0.25) is 0 Å². The number of rotatable bonds is 6. The minimum Gasteiger partial charge on any atom is -0.395 e. The first-order chi connectivity index (χ1) is 9.20. The highest BCUT2D eigenvalue weighted by Gasteiger charge is 2.15. The molecule has 0 bridgehead atoms. The molecule has 102 valence electrons. The summed E-state index contributed by atoms with van der Waals surface area (Å²) in [7, 11) is 1.93. The fourth-order valence-corrected chi connectivity index (χ4v) is 2.32. The molecule has 0 radical (unpaired) electrons. The first-order valence-electron chi connectivity index (χ1n) is 6.59. The zero-order valence-corrected chi connectivity index (χ0v) is 11.5. The van der Waals surface area contributed by atoms with Gasteiger partial charge in [-0.1, -0.05) is 30.3 Å². The second kappa shape index (κ2) is 6.50. The summed E-state index contributed by atoms with van der Waals surface area (Å²) >= 11 is 0. The van der Waals surface area contributed by atoms with Crippen molar-refractivity contribution in [3.05, 3.63) is 53.9 Å². The Labute approximate surface area is 114 Å². The van der Waals surface area contributed by atoms with Crippen LogP contribution < -0.4 is 5.32 Å². The fraction of sp³-hybridized carbons (Fsp3) is 0.400. The van der Waals surface area contributed by atoms with Gasteiger partial charge in [-0.3, -0.25) is 4.68 Å². The number of aromatic nitrogens is 2. The Balaban J connectivity index is 1.98. The van der Waals surface area contributed by atoms with Crippen molar-refractivity contribution >= 4 is 0 Å². The Hall–Kier alpha value is -1.65. The van der Waals surface area contributed by atoms with Crippen LogP contribution in [0.25, 0.3) is 0 Å². The maximum absolute atomic E-state index is 9.52. The van der Waals surface area contributed by atoms with Gasteiger partial charge in [-0.15, -0.1) is 0 Å². The van der Waals surface area contributed by atoms with Crippen molar-refractivity contribution in [2.24, 2.45) is 7.05 Å². The van der Waals surface area contributed by atoms with Crippen molar-refractivity contribution in [3.8, 4) is 0 Å². The Kier molecular flexibility index (Phi) is 4.71. The van der Waals surface area contributed by atoms with Gasteiger partial charge in [-0.25, -0.2) is 0 Å². The number of aryl methyl sites for hydroxylation is 1. The van der Waals surface area contributed by atoms with Crippen LogP contribution in [0.1, 0.15) is 24.2 Å². The number of nitrogens with zero attached hydrogens (tertiary/aromatic N) is 2. The molecule has 0 fully saturated rings. The molecule has 2 N–H and O–H groups in total. The Morgan fingerprint density at radius 3 is 2.58 bits per heavy atom. The Bertz CT molecular complexity index is 495. The number of hydrogen-bond donors (Lipinski definition) is 2. The van der Waals surface area contributed by atoms with Gasteiger partial charge in [0.25, 0.3) is 0 Å². The van der Waals surface area contributed by atoms with Crippen LogP contribution in [0.4, 0.5) is 0 Å². The average molecular weight is 259 g/mol. The van der Waals surface area contributed by atoms with Crippen LogP contribution in [-0.4, -0.2) is 27.5 Å². The van der Waals surface area contributed by atoms with E-state index in [2.05, 4.69) is 29.5 Å². The molecule has 0 saturated carbocycles. The molecule has 1 aromatic carbocycles. The minimum absolute atomic E-state index is 0.0484. The molecule has 2 aromatic rings. The summed E-state index contributed by atoms with van der Waals surface area (Å²) < 4.78 is 1.86. The van der Waals surface area contributed by atoms with Gasteiger partial charge in [0.15, 0.2) is 0 Å². The van der Waals surface area contributed by atoms with Crippen molar-refractivity contribution in [3.63, 3.8) is 0 Å². The summed E-state index contributed by atoms with van der Waals surface area (Å²) in [5.74, 6) is 0. The smallest absolute Gasteiger partial charge is 0.0588 e. The highest BCUT2D eigenvalue weighted by molar-refractivity contribution is 5.16. The largest absolute Gasteiger partial charge is 0.395 e. The second-order valence-corrected chi connectivity index (χ2v) is 4.84. The normalized spacial score (nSPS) is 14.3. The van der Waals surface area contributed by atoms with E-state index in [0.717, 1.165) is 12.1 Å². The number of benzene rings is 1. The van der Waals surface area contributed by atoms with Gasteiger partial charge in [-0.05, 0) is 25.0 Å². The summed E-state index contributed by atoms with van der Waals surface area (Å²) in [6, 6.07) is 12.4. The van der Waals surface area contributed by atoms with Crippen molar-refractivity contribution in [1.82, 2.24) is 15.1 Å². The zero-order chi connectivity index (χ0) is 13.7. The van der Waals surface area contributed by atoms with Crippen LogP contribution in [-0.2, 0) is 13.5 Å². The van der Waals surface area contributed by atoms with E-state index in [4.69, 9.17) is 0 Å². The van der Waals surface area contributed by atoms with Gasteiger partial charge in [0, 0.05) is 25.3 Å². The predicted octanol–water partition coefficient (Wildman–Crippen LogP) is 1.67. The molecule has 19 heavy (non-hydrogen) atoms. The molecule has 0 spiro atoms. The van der Waals surface area contributed by atoms with Crippen LogP contribution in [0.5, 0.6) is 0 Å².